The van der Waals surface area contributed by atoms with Crippen LogP contribution in [-0.2, 0) is 12.6 Å². The summed E-state index contributed by atoms with van der Waals surface area (Å²) in [5.41, 5.74) is 9.98. The molecule has 1 aromatic heterocycles. The van der Waals surface area contributed by atoms with Crippen LogP contribution in [0.15, 0.2) is 18.2 Å². The highest BCUT2D eigenvalue weighted by Gasteiger charge is 2.32. The van der Waals surface area contributed by atoms with Crippen molar-refractivity contribution in [3.63, 3.8) is 0 Å². The fourth-order valence-corrected chi connectivity index (χ4v) is 3.34. The van der Waals surface area contributed by atoms with Gasteiger partial charge in [-0.15, -0.1) is 0 Å². The molecule has 1 aromatic carbocycles. The topological polar surface area (TPSA) is 43.8 Å². The molecule has 0 spiro atoms. The number of benzene rings is 1. The van der Waals surface area contributed by atoms with Gasteiger partial charge in [0.05, 0.1) is 16.6 Å². The predicted octanol–water partition coefficient (Wildman–Crippen LogP) is 3.39. The number of aromatic nitrogens is 2. The first kappa shape index (κ1) is 12.7. The Kier molecular flexibility index (Phi) is 3.09. The quantitative estimate of drug-likeness (QED) is 0.796. The predicted molar refractivity (Wildman–Crippen MR) is 79.0 cm³/mol. The normalized spacial score (nSPS) is 19.5. The van der Waals surface area contributed by atoms with Gasteiger partial charge < -0.3 is 10.3 Å². The van der Waals surface area contributed by atoms with Crippen LogP contribution in [0.3, 0.4) is 0 Å². The van der Waals surface area contributed by atoms with Gasteiger partial charge in [-0.2, -0.15) is 0 Å². The lowest BCUT2D eigenvalue weighted by atomic mass is 9.90. The molecule has 1 aliphatic carbocycles. The molecule has 3 heteroatoms. The highest BCUT2D eigenvalue weighted by Crippen LogP contribution is 2.34. The summed E-state index contributed by atoms with van der Waals surface area (Å²) in [7, 11) is 2.10. The molecule has 0 saturated heterocycles. The van der Waals surface area contributed by atoms with Crippen LogP contribution in [0.1, 0.15) is 49.9 Å². The maximum absolute atomic E-state index is 6.70. The van der Waals surface area contributed by atoms with E-state index in [2.05, 4.69) is 36.7 Å². The largest absolute Gasteiger partial charge is 0.330 e. The third-order valence-electron chi connectivity index (χ3n) is 4.48. The van der Waals surface area contributed by atoms with Crippen molar-refractivity contribution in [2.75, 3.05) is 0 Å². The number of nitrogens with zero attached hydrogens (tertiary/aromatic N) is 2. The number of aryl methyl sites for hydroxylation is 2. The maximum Gasteiger partial charge on any atom is 0.129 e. The minimum Gasteiger partial charge on any atom is -0.330 e. The zero-order chi connectivity index (χ0) is 13.5. The summed E-state index contributed by atoms with van der Waals surface area (Å²) in [6.45, 7) is 2.11. The molecule has 19 heavy (non-hydrogen) atoms. The van der Waals surface area contributed by atoms with Crippen molar-refractivity contribution < 1.29 is 0 Å². The van der Waals surface area contributed by atoms with Gasteiger partial charge in [0, 0.05) is 7.05 Å². The van der Waals surface area contributed by atoms with Crippen LogP contribution < -0.4 is 5.73 Å². The Balaban J connectivity index is 2.11. The van der Waals surface area contributed by atoms with Crippen LogP contribution in [0.4, 0.5) is 0 Å². The summed E-state index contributed by atoms with van der Waals surface area (Å²) in [6.07, 6.45) is 7.17. The molecular weight excluding hydrogens is 234 g/mol. The molecule has 1 heterocycles. The molecule has 1 aliphatic rings. The molecule has 1 saturated carbocycles. The third kappa shape index (κ3) is 2.16. The van der Waals surface area contributed by atoms with E-state index in [1.165, 1.54) is 36.8 Å². The lowest BCUT2D eigenvalue weighted by Gasteiger charge is -2.27. The molecule has 0 radical (unpaired) electrons. The first-order chi connectivity index (χ1) is 9.10. The first-order valence-corrected chi connectivity index (χ1v) is 7.33. The molecule has 0 atom stereocenters. The molecule has 102 valence electrons. The van der Waals surface area contributed by atoms with Gasteiger partial charge in [-0.3, -0.25) is 0 Å². The van der Waals surface area contributed by atoms with Crippen LogP contribution in [0.2, 0.25) is 0 Å². The van der Waals surface area contributed by atoms with Crippen molar-refractivity contribution >= 4 is 11.0 Å². The van der Waals surface area contributed by atoms with Gasteiger partial charge >= 0.3 is 0 Å². The number of imidazole rings is 1. The van der Waals surface area contributed by atoms with Crippen LogP contribution in [-0.4, -0.2) is 9.55 Å². The third-order valence-corrected chi connectivity index (χ3v) is 4.48. The summed E-state index contributed by atoms with van der Waals surface area (Å²) < 4.78 is 2.19. The zero-order valence-corrected chi connectivity index (χ0v) is 11.9. The highest BCUT2D eigenvalue weighted by molar-refractivity contribution is 5.77. The molecule has 0 bridgehead atoms. The van der Waals surface area contributed by atoms with E-state index in [4.69, 9.17) is 10.7 Å². The van der Waals surface area contributed by atoms with Crippen molar-refractivity contribution in [2.24, 2.45) is 12.8 Å². The average Bonchev–Trinajstić information content (AvgIpc) is 2.57. The summed E-state index contributed by atoms with van der Waals surface area (Å²) in [5, 5.41) is 0. The minimum absolute atomic E-state index is 0.238. The molecular formula is C16H23N3. The monoisotopic (exact) mass is 257 g/mol. The second-order valence-corrected chi connectivity index (χ2v) is 6.06. The summed E-state index contributed by atoms with van der Waals surface area (Å²) in [5.74, 6) is 1.06. The van der Waals surface area contributed by atoms with Gasteiger partial charge in [0.1, 0.15) is 5.82 Å². The second kappa shape index (κ2) is 4.64. The molecule has 3 nitrogen and oxygen atoms in total. The van der Waals surface area contributed by atoms with Crippen LogP contribution in [0.5, 0.6) is 0 Å². The molecule has 1 fully saturated rings. The van der Waals surface area contributed by atoms with Crippen molar-refractivity contribution in [1.29, 1.82) is 0 Å². The number of hydrogen-bond acceptors (Lipinski definition) is 2. The fourth-order valence-electron chi connectivity index (χ4n) is 3.34. The van der Waals surface area contributed by atoms with Crippen molar-refractivity contribution in [2.45, 2.75) is 51.0 Å². The minimum atomic E-state index is -0.238. The van der Waals surface area contributed by atoms with Gasteiger partial charge in [-0.05, 0) is 37.5 Å². The smallest absolute Gasteiger partial charge is 0.129 e. The van der Waals surface area contributed by atoms with Crippen LogP contribution >= 0.6 is 0 Å². The second-order valence-electron chi connectivity index (χ2n) is 6.06. The molecule has 0 unspecified atom stereocenters. The molecule has 2 aromatic rings. The molecule has 2 N–H and O–H groups in total. The molecule has 0 aliphatic heterocycles. The first-order valence-electron chi connectivity index (χ1n) is 7.33. The van der Waals surface area contributed by atoms with Crippen molar-refractivity contribution in [3.8, 4) is 0 Å². The van der Waals surface area contributed by atoms with Crippen LogP contribution in [0.25, 0.3) is 11.0 Å². The Labute approximate surface area is 114 Å². The van der Waals surface area contributed by atoms with Crippen molar-refractivity contribution in [3.05, 3.63) is 29.6 Å². The number of nitrogens with two attached hydrogens (primary N) is 1. The standard InChI is InChI=1S/C16H23N3/c1-12-7-8-14-13(11-12)18-15(19(14)2)16(17)9-5-3-4-6-10-16/h7-8,11H,3-6,9-10,17H2,1-2H3. The number of hydrogen-bond donors (Lipinski definition) is 1. The number of rotatable bonds is 1. The Morgan fingerprint density at radius 1 is 1.16 bits per heavy atom. The lowest BCUT2D eigenvalue weighted by Crippen LogP contribution is -2.38. The summed E-state index contributed by atoms with van der Waals surface area (Å²) in [4.78, 5) is 4.85. The van der Waals surface area contributed by atoms with Gasteiger partial charge in [-0.1, -0.05) is 31.7 Å². The summed E-state index contributed by atoms with van der Waals surface area (Å²) in [6, 6.07) is 6.45. The Morgan fingerprint density at radius 3 is 2.53 bits per heavy atom. The van der Waals surface area contributed by atoms with Gasteiger partial charge in [-0.25, -0.2) is 4.98 Å². The fraction of sp³-hybridized carbons (Fsp3) is 0.562. The SMILES string of the molecule is Cc1ccc2c(c1)nc(C1(N)CCCCCC1)n2C. The Bertz CT molecular complexity index is 589. The van der Waals surface area contributed by atoms with E-state index in [9.17, 15) is 0 Å². The Hall–Kier alpha value is -1.35. The number of fused-ring (bicyclic) bond motifs is 1. The van der Waals surface area contributed by atoms with E-state index in [-0.39, 0.29) is 5.54 Å². The summed E-state index contributed by atoms with van der Waals surface area (Å²) >= 11 is 0. The van der Waals surface area contributed by atoms with E-state index >= 15 is 0 Å². The molecule has 0 amide bonds. The van der Waals surface area contributed by atoms with Gasteiger partial charge in [0.25, 0.3) is 0 Å². The maximum atomic E-state index is 6.70. The van der Waals surface area contributed by atoms with Gasteiger partial charge in [0.15, 0.2) is 0 Å². The lowest BCUT2D eigenvalue weighted by molar-refractivity contribution is 0.355. The van der Waals surface area contributed by atoms with Crippen LogP contribution in [0, 0.1) is 6.92 Å². The van der Waals surface area contributed by atoms with E-state index in [0.29, 0.717) is 0 Å². The van der Waals surface area contributed by atoms with Crippen molar-refractivity contribution in [1.82, 2.24) is 9.55 Å². The van der Waals surface area contributed by atoms with E-state index in [1.807, 2.05) is 0 Å². The average molecular weight is 257 g/mol. The Morgan fingerprint density at radius 2 is 1.84 bits per heavy atom. The highest BCUT2D eigenvalue weighted by atomic mass is 15.1. The molecule has 3 rings (SSSR count). The van der Waals surface area contributed by atoms with E-state index in [1.54, 1.807) is 0 Å². The van der Waals surface area contributed by atoms with Gasteiger partial charge in [0.2, 0.25) is 0 Å². The zero-order valence-electron chi connectivity index (χ0n) is 11.9. The van der Waals surface area contributed by atoms with E-state index < -0.39 is 0 Å². The van der Waals surface area contributed by atoms with E-state index in [0.717, 1.165) is 24.2 Å².